The molecule has 0 aromatic carbocycles. The molecule has 25 heavy (non-hydrogen) atoms. The minimum absolute atomic E-state index is 0.0235. The highest BCUT2D eigenvalue weighted by molar-refractivity contribution is 5.76. The summed E-state index contributed by atoms with van der Waals surface area (Å²) in [7, 11) is 0. The van der Waals surface area contributed by atoms with E-state index in [2.05, 4.69) is 5.32 Å². The van der Waals surface area contributed by atoms with Gasteiger partial charge in [0.2, 0.25) is 0 Å². The van der Waals surface area contributed by atoms with Gasteiger partial charge in [0.05, 0.1) is 11.8 Å². The Morgan fingerprint density at radius 2 is 1.56 bits per heavy atom. The van der Waals surface area contributed by atoms with Gasteiger partial charge in [-0.15, -0.1) is 0 Å². The zero-order valence-electron chi connectivity index (χ0n) is 15.9. The van der Waals surface area contributed by atoms with Crippen molar-refractivity contribution in [3.63, 3.8) is 0 Å². The molecule has 0 aromatic heterocycles. The number of carbonyl (C=O) groups excluding carboxylic acids is 2. The number of alkyl carbamates (subject to hydrolysis) is 1. The van der Waals surface area contributed by atoms with Crippen molar-refractivity contribution in [2.24, 2.45) is 10.8 Å². The smallest absolute Gasteiger partial charge is 0.410 e. The number of carbonyl (C=O) groups is 3. The first kappa shape index (κ1) is 21.3. The lowest BCUT2D eigenvalue weighted by Gasteiger charge is -2.36. The van der Waals surface area contributed by atoms with Gasteiger partial charge in [-0.1, -0.05) is 19.3 Å². The van der Waals surface area contributed by atoms with Crippen LogP contribution in [0.5, 0.6) is 0 Å². The lowest BCUT2D eigenvalue weighted by molar-refractivity contribution is -0.203. The Hall–Kier alpha value is -1.79. The van der Waals surface area contributed by atoms with Gasteiger partial charge in [-0.05, 0) is 39.0 Å². The Balaban J connectivity index is 2.59. The Kier molecular flexibility index (Phi) is 6.85. The number of hydrogen-bond donors (Lipinski definition) is 2. The summed E-state index contributed by atoms with van der Waals surface area (Å²) in [5.74, 6) is -2.74. The Labute approximate surface area is 149 Å². The fourth-order valence-electron chi connectivity index (χ4n) is 2.95. The number of aliphatic carboxylic acids is 1. The molecule has 0 atom stereocenters. The van der Waals surface area contributed by atoms with Crippen LogP contribution in [-0.4, -0.2) is 35.5 Å². The molecule has 0 saturated heterocycles. The molecule has 0 aliphatic heterocycles. The van der Waals surface area contributed by atoms with Crippen LogP contribution in [0.1, 0.15) is 73.1 Å². The second-order valence-electron chi connectivity index (χ2n) is 8.41. The third-order valence-corrected chi connectivity index (χ3v) is 4.34. The van der Waals surface area contributed by atoms with E-state index in [-0.39, 0.29) is 13.0 Å². The van der Waals surface area contributed by atoms with Gasteiger partial charge < -0.3 is 19.9 Å². The van der Waals surface area contributed by atoms with Crippen molar-refractivity contribution in [3.05, 3.63) is 0 Å². The van der Waals surface area contributed by atoms with Crippen LogP contribution in [0.15, 0.2) is 0 Å². The minimum Gasteiger partial charge on any atom is -0.481 e. The molecule has 0 unspecified atom stereocenters. The summed E-state index contributed by atoms with van der Waals surface area (Å²) >= 11 is 0. The molecule has 0 radical (unpaired) electrons. The zero-order valence-corrected chi connectivity index (χ0v) is 15.9. The zero-order chi connectivity index (χ0) is 19.3. The molecule has 144 valence electrons. The molecule has 0 bridgehead atoms. The first-order valence-electron chi connectivity index (χ1n) is 8.77. The van der Waals surface area contributed by atoms with E-state index in [0.29, 0.717) is 0 Å². The predicted octanol–water partition coefficient (Wildman–Crippen LogP) is 3.46. The van der Waals surface area contributed by atoms with E-state index in [1.54, 1.807) is 20.8 Å². The van der Waals surface area contributed by atoms with Crippen molar-refractivity contribution < 1.29 is 29.0 Å². The van der Waals surface area contributed by atoms with Crippen LogP contribution in [-0.2, 0) is 19.1 Å². The first-order valence-corrected chi connectivity index (χ1v) is 8.77. The maximum absolute atomic E-state index is 12.1. The van der Waals surface area contributed by atoms with Crippen molar-refractivity contribution in [1.29, 1.82) is 0 Å². The Morgan fingerprint density at radius 1 is 1.00 bits per heavy atom. The van der Waals surface area contributed by atoms with Crippen LogP contribution in [0.2, 0.25) is 0 Å². The Bertz CT molecular complexity index is 500. The van der Waals surface area contributed by atoms with Crippen LogP contribution in [0.3, 0.4) is 0 Å². The third kappa shape index (κ3) is 7.32. The number of nitrogens with one attached hydrogen (secondary N) is 1. The summed E-state index contributed by atoms with van der Waals surface area (Å²) in [6.07, 6.45) is 3.83. The normalized spacial score (nSPS) is 17.5. The van der Waals surface area contributed by atoms with E-state index < -0.39 is 34.6 Å². The van der Waals surface area contributed by atoms with Crippen molar-refractivity contribution in [1.82, 2.24) is 5.32 Å². The molecule has 1 saturated carbocycles. The molecule has 1 aliphatic carbocycles. The number of ether oxygens (including phenoxy) is 2. The van der Waals surface area contributed by atoms with Crippen LogP contribution in [0.25, 0.3) is 0 Å². The van der Waals surface area contributed by atoms with Crippen molar-refractivity contribution in [2.75, 3.05) is 6.54 Å². The Morgan fingerprint density at radius 3 is 2.04 bits per heavy atom. The predicted molar refractivity (Wildman–Crippen MR) is 91.9 cm³/mol. The number of amides is 1. The van der Waals surface area contributed by atoms with E-state index in [0.717, 1.165) is 32.1 Å². The van der Waals surface area contributed by atoms with Gasteiger partial charge in [-0.25, -0.2) is 4.79 Å². The summed E-state index contributed by atoms with van der Waals surface area (Å²) in [5.41, 5.74) is -1.14. The molecule has 7 nitrogen and oxygen atoms in total. The molecule has 0 heterocycles. The number of hydrogen-bond acceptors (Lipinski definition) is 5. The van der Waals surface area contributed by atoms with Gasteiger partial charge >= 0.3 is 18.0 Å². The maximum atomic E-state index is 12.1. The second-order valence-corrected chi connectivity index (χ2v) is 8.41. The average Bonchev–Trinajstić information content (AvgIpc) is 2.43. The third-order valence-electron chi connectivity index (χ3n) is 4.34. The molecule has 0 spiro atoms. The van der Waals surface area contributed by atoms with Crippen LogP contribution >= 0.6 is 0 Å². The van der Waals surface area contributed by atoms with Gasteiger partial charge in [0.15, 0.2) is 0 Å². The largest absolute Gasteiger partial charge is 0.481 e. The molecular formula is C18H31NO6. The fourth-order valence-corrected chi connectivity index (χ4v) is 2.95. The molecule has 0 aromatic rings. The molecule has 7 heteroatoms. The highest BCUT2D eigenvalue weighted by Gasteiger charge is 2.36. The van der Waals surface area contributed by atoms with Crippen molar-refractivity contribution >= 4 is 18.0 Å². The highest BCUT2D eigenvalue weighted by atomic mass is 16.7. The highest BCUT2D eigenvalue weighted by Crippen LogP contribution is 2.38. The second kappa shape index (κ2) is 8.06. The lowest BCUT2D eigenvalue weighted by atomic mass is 9.72. The van der Waals surface area contributed by atoms with Gasteiger partial charge in [0, 0.05) is 20.4 Å². The van der Waals surface area contributed by atoms with E-state index in [4.69, 9.17) is 14.6 Å². The van der Waals surface area contributed by atoms with E-state index in [9.17, 15) is 14.4 Å². The van der Waals surface area contributed by atoms with Crippen molar-refractivity contribution in [3.8, 4) is 0 Å². The van der Waals surface area contributed by atoms with Crippen LogP contribution in [0.4, 0.5) is 4.79 Å². The molecule has 1 fully saturated rings. The number of carboxylic acid groups (broad SMARTS) is 1. The van der Waals surface area contributed by atoms with Gasteiger partial charge in [0.1, 0.15) is 0 Å². The van der Waals surface area contributed by atoms with Gasteiger partial charge in [-0.3, -0.25) is 9.59 Å². The van der Waals surface area contributed by atoms with Crippen LogP contribution in [0, 0.1) is 10.8 Å². The summed E-state index contributed by atoms with van der Waals surface area (Å²) < 4.78 is 10.4. The molecular weight excluding hydrogens is 326 g/mol. The number of rotatable bonds is 6. The van der Waals surface area contributed by atoms with E-state index in [1.165, 1.54) is 13.8 Å². The first-order chi connectivity index (χ1) is 11.4. The van der Waals surface area contributed by atoms with Gasteiger partial charge in [-0.2, -0.15) is 0 Å². The lowest BCUT2D eigenvalue weighted by Crippen LogP contribution is -2.44. The van der Waals surface area contributed by atoms with E-state index in [1.807, 2.05) is 0 Å². The molecule has 1 rings (SSSR count). The van der Waals surface area contributed by atoms with Crippen molar-refractivity contribution in [2.45, 2.75) is 78.9 Å². The van der Waals surface area contributed by atoms with Gasteiger partial charge in [0.25, 0.3) is 5.79 Å². The summed E-state index contributed by atoms with van der Waals surface area (Å²) in [5, 5.41) is 11.8. The standard InChI is InChI=1S/C18H31NO6/c1-16(2,3)14(22)24-17(4,5)25-15(23)19-12-18(11-13(20)21)9-7-6-8-10-18/h6-12H2,1-5H3,(H,19,23)(H,20,21). The van der Waals surface area contributed by atoms with E-state index >= 15 is 0 Å². The fraction of sp³-hybridized carbons (Fsp3) is 0.833. The summed E-state index contributed by atoms with van der Waals surface area (Å²) in [6, 6.07) is 0. The maximum Gasteiger partial charge on any atom is 0.410 e. The number of carboxylic acids is 1. The topological polar surface area (TPSA) is 102 Å². The SMILES string of the molecule is CC(C)(OC(=O)NCC1(CC(=O)O)CCCCC1)OC(=O)C(C)(C)C. The monoisotopic (exact) mass is 357 g/mol. The minimum atomic E-state index is -1.40. The average molecular weight is 357 g/mol. The summed E-state index contributed by atoms with van der Waals surface area (Å²) in [4.78, 5) is 35.2. The quantitative estimate of drug-likeness (QED) is 0.557. The summed E-state index contributed by atoms with van der Waals surface area (Å²) in [6.45, 7) is 8.35. The molecule has 1 amide bonds. The molecule has 2 N–H and O–H groups in total. The number of esters is 1. The molecule has 1 aliphatic rings. The van der Waals surface area contributed by atoms with Crippen LogP contribution < -0.4 is 5.32 Å².